The average molecular weight is 272 g/mol. The van der Waals surface area contributed by atoms with E-state index in [1.165, 1.54) is 0 Å². The summed E-state index contributed by atoms with van der Waals surface area (Å²) < 4.78 is 5.56. The number of halogens is 1. The fourth-order valence-corrected chi connectivity index (χ4v) is 1.75. The molecule has 0 heterocycles. The maximum atomic E-state index is 11.5. The number of ether oxygens (including phenoxy) is 1. The molecular weight excluding hydrogens is 262 g/mol. The summed E-state index contributed by atoms with van der Waals surface area (Å²) in [4.78, 5) is 11.5. The van der Waals surface area contributed by atoms with Crippen molar-refractivity contribution < 1.29 is 9.53 Å². The number of hydrogen-bond acceptors (Lipinski definition) is 3. The lowest BCUT2D eigenvalue weighted by molar-refractivity contribution is 0.105. The van der Waals surface area contributed by atoms with E-state index in [2.05, 4.69) is 0 Å². The van der Waals surface area contributed by atoms with E-state index in [0.29, 0.717) is 21.9 Å². The number of benzene rings is 2. The van der Waals surface area contributed by atoms with Crippen molar-refractivity contribution in [1.82, 2.24) is 0 Å². The van der Waals surface area contributed by atoms with Crippen LogP contribution in [0.2, 0.25) is 5.02 Å². The van der Waals surface area contributed by atoms with Crippen molar-refractivity contribution in [3.63, 3.8) is 0 Å². The second kappa shape index (κ2) is 6.03. The number of nitrogens with zero attached hydrogens (tertiary/aromatic N) is 1. The predicted molar refractivity (Wildman–Crippen MR) is 72.2 cm³/mol. The molecule has 0 fully saturated rings. The Balaban J connectivity index is 2.14. The van der Waals surface area contributed by atoms with E-state index in [4.69, 9.17) is 21.6 Å². The zero-order valence-corrected chi connectivity index (χ0v) is 10.7. The monoisotopic (exact) mass is 271 g/mol. The fraction of sp³-hybridized carbons (Fsp3) is 0.0667. The van der Waals surface area contributed by atoms with Crippen molar-refractivity contribution in [1.29, 1.82) is 5.26 Å². The third kappa shape index (κ3) is 3.34. The van der Waals surface area contributed by atoms with Crippen LogP contribution in [0.3, 0.4) is 0 Å². The summed E-state index contributed by atoms with van der Waals surface area (Å²) in [7, 11) is 0. The third-order valence-corrected chi connectivity index (χ3v) is 2.82. The highest BCUT2D eigenvalue weighted by molar-refractivity contribution is 6.30. The van der Waals surface area contributed by atoms with Gasteiger partial charge in [-0.15, -0.1) is 0 Å². The van der Waals surface area contributed by atoms with Gasteiger partial charge in [-0.1, -0.05) is 29.8 Å². The van der Waals surface area contributed by atoms with E-state index in [1.54, 1.807) is 54.6 Å². The minimum Gasteiger partial charge on any atom is -0.489 e. The van der Waals surface area contributed by atoms with Gasteiger partial charge in [-0.25, -0.2) is 0 Å². The third-order valence-electron chi connectivity index (χ3n) is 2.57. The molecule has 94 valence electrons. The molecule has 0 bridgehead atoms. The zero-order valence-electron chi connectivity index (χ0n) is 9.97. The largest absolute Gasteiger partial charge is 0.489 e. The van der Waals surface area contributed by atoms with E-state index in [-0.39, 0.29) is 6.61 Å². The first-order valence-electron chi connectivity index (χ1n) is 5.61. The second-order valence-corrected chi connectivity index (χ2v) is 4.28. The Morgan fingerprint density at radius 1 is 1.16 bits per heavy atom. The summed E-state index contributed by atoms with van der Waals surface area (Å²) in [6.45, 7) is 0.227. The van der Waals surface area contributed by atoms with Crippen LogP contribution in [-0.2, 0) is 6.61 Å². The molecule has 0 aliphatic carbocycles. The van der Waals surface area contributed by atoms with Gasteiger partial charge in [-0.05, 0) is 30.3 Å². The minimum absolute atomic E-state index is 0.227. The van der Waals surface area contributed by atoms with Gasteiger partial charge < -0.3 is 4.74 Å². The number of carbonyl (C=O) groups excluding carboxylic acids is 1. The Hall–Kier alpha value is -2.31. The quantitative estimate of drug-likeness (QED) is 0.630. The molecule has 0 aromatic heterocycles. The molecule has 0 unspecified atom stereocenters. The summed E-state index contributed by atoms with van der Waals surface area (Å²) in [5, 5.41) is 9.31. The Kier molecular flexibility index (Phi) is 4.17. The number of nitriles is 1. The normalized spacial score (nSPS) is 9.68. The molecule has 0 saturated heterocycles. The summed E-state index contributed by atoms with van der Waals surface area (Å²) >= 11 is 5.78. The van der Waals surface area contributed by atoms with Crippen molar-refractivity contribution in [2.75, 3.05) is 0 Å². The molecule has 3 nitrogen and oxygen atoms in total. The highest BCUT2D eigenvalue weighted by atomic mass is 35.5. The van der Waals surface area contributed by atoms with Gasteiger partial charge in [-0.2, -0.15) is 5.26 Å². The van der Waals surface area contributed by atoms with Gasteiger partial charge in [0.25, 0.3) is 5.78 Å². The van der Waals surface area contributed by atoms with Crippen LogP contribution >= 0.6 is 11.6 Å². The molecule has 0 aliphatic heterocycles. The van der Waals surface area contributed by atoms with Crippen molar-refractivity contribution >= 4 is 17.4 Å². The molecule has 0 saturated carbocycles. The number of ketones is 1. The van der Waals surface area contributed by atoms with Crippen LogP contribution in [0.1, 0.15) is 15.9 Å². The Morgan fingerprint density at radius 3 is 2.53 bits per heavy atom. The Bertz CT molecular complexity index is 629. The number of hydrogen-bond donors (Lipinski definition) is 0. The van der Waals surface area contributed by atoms with Crippen LogP contribution in [0.15, 0.2) is 48.5 Å². The number of carbonyl (C=O) groups is 1. The van der Waals surface area contributed by atoms with Gasteiger partial charge in [0.05, 0.1) is 0 Å². The lowest BCUT2D eigenvalue weighted by Crippen LogP contribution is -2.04. The van der Waals surface area contributed by atoms with Gasteiger partial charge in [0, 0.05) is 16.1 Å². The summed E-state index contributed by atoms with van der Waals surface area (Å²) in [6, 6.07) is 15.5. The molecule has 2 aromatic carbocycles. The molecule has 2 rings (SSSR count). The van der Waals surface area contributed by atoms with Gasteiger partial charge in [0.1, 0.15) is 18.4 Å². The highest BCUT2D eigenvalue weighted by Gasteiger charge is 2.10. The van der Waals surface area contributed by atoms with Gasteiger partial charge in [0.2, 0.25) is 0 Å². The summed E-state index contributed by atoms with van der Waals surface area (Å²) in [5.74, 6) is 0.0962. The lowest BCUT2D eigenvalue weighted by atomic mass is 10.1. The number of rotatable bonds is 4. The van der Waals surface area contributed by atoms with Crippen LogP contribution in [0.4, 0.5) is 0 Å². The average Bonchev–Trinajstić information content (AvgIpc) is 2.46. The molecule has 0 atom stereocenters. The fourth-order valence-electron chi connectivity index (χ4n) is 1.62. The van der Waals surface area contributed by atoms with Crippen molar-refractivity contribution in [3.05, 3.63) is 64.7 Å². The zero-order chi connectivity index (χ0) is 13.7. The molecule has 0 amide bonds. The van der Waals surface area contributed by atoms with Crippen molar-refractivity contribution in [3.8, 4) is 11.8 Å². The molecule has 0 aliphatic rings. The molecule has 0 radical (unpaired) electrons. The maximum Gasteiger partial charge on any atom is 0.262 e. The second-order valence-electron chi connectivity index (χ2n) is 3.84. The first-order chi connectivity index (χ1) is 9.20. The number of Topliss-reactive ketones (excluding diaryl/α,β-unsaturated/α-hetero) is 1. The molecule has 0 N–H and O–H groups in total. The first-order valence-corrected chi connectivity index (χ1v) is 5.99. The van der Waals surface area contributed by atoms with Gasteiger partial charge in [0.15, 0.2) is 0 Å². The van der Waals surface area contributed by atoms with Gasteiger partial charge in [-0.3, -0.25) is 4.79 Å². The topological polar surface area (TPSA) is 50.1 Å². The minimum atomic E-state index is -0.560. The maximum absolute atomic E-state index is 11.5. The SMILES string of the molecule is N#CC(=O)c1ccccc1COc1ccc(Cl)cc1. The smallest absolute Gasteiger partial charge is 0.262 e. The molecule has 4 heteroatoms. The van der Waals surface area contributed by atoms with E-state index in [1.807, 2.05) is 0 Å². The van der Waals surface area contributed by atoms with Crippen LogP contribution in [-0.4, -0.2) is 5.78 Å². The Labute approximate surface area is 116 Å². The lowest BCUT2D eigenvalue weighted by Gasteiger charge is -2.08. The van der Waals surface area contributed by atoms with Crippen LogP contribution < -0.4 is 4.74 Å². The molecule has 2 aromatic rings. The van der Waals surface area contributed by atoms with Gasteiger partial charge >= 0.3 is 0 Å². The van der Waals surface area contributed by atoms with Crippen molar-refractivity contribution in [2.45, 2.75) is 6.61 Å². The van der Waals surface area contributed by atoms with Crippen molar-refractivity contribution in [2.24, 2.45) is 0 Å². The summed E-state index contributed by atoms with van der Waals surface area (Å²) in [5.41, 5.74) is 1.06. The van der Waals surface area contributed by atoms with Crippen LogP contribution in [0.5, 0.6) is 5.75 Å². The van der Waals surface area contributed by atoms with E-state index in [0.717, 1.165) is 0 Å². The van der Waals surface area contributed by atoms with E-state index >= 15 is 0 Å². The van der Waals surface area contributed by atoms with E-state index < -0.39 is 5.78 Å². The summed E-state index contributed by atoms with van der Waals surface area (Å²) in [6.07, 6.45) is 0. The molecular formula is C15H10ClNO2. The first kappa shape index (κ1) is 13.1. The van der Waals surface area contributed by atoms with Crippen LogP contribution in [0.25, 0.3) is 0 Å². The van der Waals surface area contributed by atoms with Crippen LogP contribution in [0, 0.1) is 11.3 Å². The highest BCUT2D eigenvalue weighted by Crippen LogP contribution is 2.18. The standard InChI is InChI=1S/C15H10ClNO2/c16-12-5-7-13(8-6-12)19-10-11-3-1-2-4-14(11)15(18)9-17/h1-8H,10H2. The van der Waals surface area contributed by atoms with E-state index in [9.17, 15) is 4.79 Å². The molecule has 19 heavy (non-hydrogen) atoms. The Morgan fingerprint density at radius 2 is 1.84 bits per heavy atom. The molecule has 0 spiro atoms. The predicted octanol–water partition coefficient (Wildman–Crippen LogP) is 3.63.